The highest BCUT2D eigenvalue weighted by Gasteiger charge is 2.19. The molecular formula is C20H23BO7. The Labute approximate surface area is 164 Å². The summed E-state index contributed by atoms with van der Waals surface area (Å²) in [5.41, 5.74) is 0.877. The molecule has 2 rings (SSSR count). The number of esters is 2. The third-order valence-corrected chi connectivity index (χ3v) is 4.01. The largest absolute Gasteiger partial charge is 0.494 e. The van der Waals surface area contributed by atoms with Crippen molar-refractivity contribution in [2.45, 2.75) is 25.7 Å². The molecule has 0 bridgehead atoms. The van der Waals surface area contributed by atoms with Gasteiger partial charge in [0.2, 0.25) is 0 Å². The Morgan fingerprint density at radius 2 is 1.79 bits per heavy atom. The molecule has 1 aromatic carbocycles. The van der Waals surface area contributed by atoms with E-state index in [1.165, 1.54) is 0 Å². The van der Waals surface area contributed by atoms with Crippen LogP contribution in [0.1, 0.15) is 36.0 Å². The van der Waals surface area contributed by atoms with Crippen molar-refractivity contribution in [3.8, 4) is 5.75 Å². The van der Waals surface area contributed by atoms with Gasteiger partial charge in [-0.3, -0.25) is 0 Å². The normalized spacial score (nSPS) is 13.1. The second-order valence-corrected chi connectivity index (χ2v) is 6.09. The summed E-state index contributed by atoms with van der Waals surface area (Å²) < 4.78 is 15.8. The molecule has 0 heterocycles. The van der Waals surface area contributed by atoms with Crippen LogP contribution >= 0.6 is 0 Å². The first-order chi connectivity index (χ1) is 13.5. The van der Waals surface area contributed by atoms with E-state index in [1.54, 1.807) is 36.4 Å². The van der Waals surface area contributed by atoms with Crippen molar-refractivity contribution in [3.63, 3.8) is 0 Å². The summed E-state index contributed by atoms with van der Waals surface area (Å²) >= 11 is 0. The lowest BCUT2D eigenvalue weighted by atomic mass is 9.75. The van der Waals surface area contributed by atoms with Crippen molar-refractivity contribution in [1.29, 1.82) is 0 Å². The molecule has 0 saturated heterocycles. The number of unbranched alkanes of at least 4 members (excludes halogenated alkanes) is 1. The van der Waals surface area contributed by atoms with Crippen molar-refractivity contribution < 1.29 is 33.8 Å². The van der Waals surface area contributed by atoms with Gasteiger partial charge in [-0.25, -0.2) is 9.59 Å². The predicted molar refractivity (Wildman–Crippen MR) is 103 cm³/mol. The zero-order valence-corrected chi connectivity index (χ0v) is 15.5. The van der Waals surface area contributed by atoms with E-state index in [2.05, 4.69) is 6.58 Å². The van der Waals surface area contributed by atoms with Crippen LogP contribution in [-0.2, 0) is 14.3 Å². The zero-order chi connectivity index (χ0) is 20.4. The van der Waals surface area contributed by atoms with E-state index in [4.69, 9.17) is 24.3 Å². The molecule has 8 heteroatoms. The smallest absolute Gasteiger partial charge is 0.484 e. The van der Waals surface area contributed by atoms with Crippen LogP contribution in [0.15, 0.2) is 60.3 Å². The van der Waals surface area contributed by atoms with E-state index >= 15 is 0 Å². The summed E-state index contributed by atoms with van der Waals surface area (Å²) in [5, 5.41) is 18.2. The average Bonchev–Trinajstić information content (AvgIpc) is 2.71. The van der Waals surface area contributed by atoms with Gasteiger partial charge in [-0.2, -0.15) is 0 Å². The molecule has 0 atom stereocenters. The topological polar surface area (TPSA) is 102 Å². The number of allylic oxidation sites excluding steroid dienone is 4. The number of hydrogen-bond acceptors (Lipinski definition) is 7. The quantitative estimate of drug-likeness (QED) is 0.275. The highest BCUT2D eigenvalue weighted by Crippen LogP contribution is 2.21. The van der Waals surface area contributed by atoms with Gasteiger partial charge >= 0.3 is 19.1 Å². The molecule has 0 aliphatic heterocycles. The Kier molecular flexibility index (Phi) is 8.52. The monoisotopic (exact) mass is 386 g/mol. The maximum Gasteiger partial charge on any atom is 0.484 e. The van der Waals surface area contributed by atoms with Crippen LogP contribution in [0.2, 0.25) is 0 Å². The first kappa shape index (κ1) is 21.5. The Morgan fingerprint density at radius 1 is 1.07 bits per heavy atom. The standard InChI is InChI=1S/C20H23BO7/c1-2-19(22)27-14-4-3-13-26-17-9-5-15(6-10-17)20(23)28-18-11-7-16(8-12-18)21(24)25/h2,5-7,9-11,24-25H,1,3-4,8,12-14H2. The van der Waals surface area contributed by atoms with Gasteiger partial charge in [0.25, 0.3) is 0 Å². The molecule has 0 aromatic heterocycles. The minimum Gasteiger partial charge on any atom is -0.494 e. The van der Waals surface area contributed by atoms with Crippen LogP contribution in [0.5, 0.6) is 5.75 Å². The molecule has 1 aliphatic rings. The van der Waals surface area contributed by atoms with E-state index in [0.717, 1.165) is 12.5 Å². The Morgan fingerprint density at radius 3 is 2.39 bits per heavy atom. The molecule has 0 unspecified atom stereocenters. The van der Waals surface area contributed by atoms with Gasteiger partial charge in [0, 0.05) is 12.5 Å². The van der Waals surface area contributed by atoms with Gasteiger partial charge < -0.3 is 24.3 Å². The molecule has 148 valence electrons. The molecule has 0 radical (unpaired) electrons. The summed E-state index contributed by atoms with van der Waals surface area (Å²) in [6, 6.07) is 6.60. The highest BCUT2D eigenvalue weighted by atomic mass is 16.5. The summed E-state index contributed by atoms with van der Waals surface area (Å²) in [7, 11) is -1.48. The fourth-order valence-electron chi connectivity index (χ4n) is 2.43. The Balaban J connectivity index is 1.74. The number of rotatable bonds is 10. The molecule has 1 aliphatic carbocycles. The highest BCUT2D eigenvalue weighted by molar-refractivity contribution is 6.50. The van der Waals surface area contributed by atoms with Crippen LogP contribution in [0.25, 0.3) is 0 Å². The van der Waals surface area contributed by atoms with Gasteiger partial charge in [0.1, 0.15) is 11.5 Å². The van der Waals surface area contributed by atoms with Gasteiger partial charge in [0.05, 0.1) is 18.8 Å². The van der Waals surface area contributed by atoms with Gasteiger partial charge in [-0.05, 0) is 55.1 Å². The minimum absolute atomic E-state index is 0.322. The summed E-state index contributed by atoms with van der Waals surface area (Å²) in [5.74, 6) is 0.186. The molecular weight excluding hydrogens is 363 g/mol. The van der Waals surface area contributed by atoms with E-state index in [0.29, 0.717) is 55.0 Å². The van der Waals surface area contributed by atoms with Crippen molar-refractivity contribution in [1.82, 2.24) is 0 Å². The van der Waals surface area contributed by atoms with Crippen molar-refractivity contribution >= 4 is 19.1 Å². The predicted octanol–water partition coefficient (Wildman–Crippen LogP) is 2.35. The lowest BCUT2D eigenvalue weighted by molar-refractivity contribution is -0.137. The number of hydrogen-bond donors (Lipinski definition) is 2. The molecule has 0 fully saturated rings. The van der Waals surface area contributed by atoms with Gasteiger partial charge in [-0.1, -0.05) is 12.7 Å². The zero-order valence-electron chi connectivity index (χ0n) is 15.5. The number of carbonyl (C=O) groups excluding carboxylic acids is 2. The van der Waals surface area contributed by atoms with E-state index < -0.39 is 19.1 Å². The molecule has 1 aromatic rings. The lowest BCUT2D eigenvalue weighted by Gasteiger charge is -2.14. The van der Waals surface area contributed by atoms with Crippen LogP contribution in [0.3, 0.4) is 0 Å². The maximum atomic E-state index is 12.2. The van der Waals surface area contributed by atoms with Crippen LogP contribution in [0.4, 0.5) is 0 Å². The minimum atomic E-state index is -1.48. The second kappa shape index (κ2) is 11.1. The third-order valence-electron chi connectivity index (χ3n) is 4.01. The molecule has 2 N–H and O–H groups in total. The molecule has 7 nitrogen and oxygen atoms in total. The summed E-state index contributed by atoms with van der Waals surface area (Å²) in [4.78, 5) is 23.1. The van der Waals surface area contributed by atoms with E-state index in [1.807, 2.05) is 0 Å². The summed E-state index contributed by atoms with van der Waals surface area (Å²) in [6.45, 7) is 4.11. The number of carbonyl (C=O) groups is 2. The van der Waals surface area contributed by atoms with Crippen LogP contribution in [-0.4, -0.2) is 42.3 Å². The lowest BCUT2D eigenvalue weighted by Crippen LogP contribution is -2.17. The second-order valence-electron chi connectivity index (χ2n) is 6.09. The molecule has 0 spiro atoms. The van der Waals surface area contributed by atoms with Crippen LogP contribution < -0.4 is 4.74 Å². The van der Waals surface area contributed by atoms with Crippen LogP contribution in [0, 0.1) is 0 Å². The van der Waals surface area contributed by atoms with Crippen molar-refractivity contribution in [3.05, 3.63) is 65.9 Å². The Hall–Kier alpha value is -2.84. The average molecular weight is 386 g/mol. The fraction of sp³-hybridized carbons (Fsp3) is 0.300. The first-order valence-corrected chi connectivity index (χ1v) is 8.99. The maximum absolute atomic E-state index is 12.2. The molecule has 0 saturated carbocycles. The third kappa shape index (κ3) is 7.05. The van der Waals surface area contributed by atoms with Crippen molar-refractivity contribution in [2.75, 3.05) is 13.2 Å². The fourth-order valence-corrected chi connectivity index (χ4v) is 2.43. The number of benzene rings is 1. The summed E-state index contributed by atoms with van der Waals surface area (Å²) in [6.07, 6.45) is 6.51. The van der Waals surface area contributed by atoms with Gasteiger partial charge in [-0.15, -0.1) is 0 Å². The van der Waals surface area contributed by atoms with Gasteiger partial charge in [0.15, 0.2) is 0 Å². The van der Waals surface area contributed by atoms with E-state index in [-0.39, 0.29) is 0 Å². The molecule has 28 heavy (non-hydrogen) atoms. The Bertz CT molecular complexity index is 750. The van der Waals surface area contributed by atoms with Crippen molar-refractivity contribution in [2.24, 2.45) is 0 Å². The number of ether oxygens (including phenoxy) is 3. The van der Waals surface area contributed by atoms with E-state index in [9.17, 15) is 9.59 Å². The SMILES string of the molecule is C=CC(=O)OCCCCOc1ccc(C(=O)OC2=CC=C(B(O)O)CC2)cc1. The molecule has 0 amide bonds. The first-order valence-electron chi connectivity index (χ1n) is 8.99.